The van der Waals surface area contributed by atoms with Crippen molar-refractivity contribution in [3.8, 4) is 0 Å². The van der Waals surface area contributed by atoms with Crippen molar-refractivity contribution in [3.63, 3.8) is 0 Å². The summed E-state index contributed by atoms with van der Waals surface area (Å²) >= 11 is 1.41. The first-order valence-corrected chi connectivity index (χ1v) is 7.71. The molecule has 0 saturated heterocycles. The standard InChI is InChI=1S/C16H15N3O2S/c1-9-4-6-12(7-5-9)14(20)18-13-11(3)17-16-19(15(13)21)10(2)8-22-16/h4-8H,1-3H3,(H,18,20). The lowest BCUT2D eigenvalue weighted by atomic mass is 10.1. The van der Waals surface area contributed by atoms with Crippen molar-refractivity contribution in [2.24, 2.45) is 0 Å². The van der Waals surface area contributed by atoms with Gasteiger partial charge in [-0.25, -0.2) is 4.98 Å². The maximum Gasteiger partial charge on any atom is 0.282 e. The van der Waals surface area contributed by atoms with Gasteiger partial charge in [-0.3, -0.25) is 14.0 Å². The Kier molecular flexibility index (Phi) is 3.54. The number of benzene rings is 1. The molecule has 0 fully saturated rings. The second-order valence-electron chi connectivity index (χ2n) is 5.19. The number of aryl methyl sites for hydroxylation is 3. The second kappa shape index (κ2) is 5.38. The van der Waals surface area contributed by atoms with Gasteiger partial charge in [-0.1, -0.05) is 17.7 Å². The second-order valence-corrected chi connectivity index (χ2v) is 6.03. The molecule has 0 atom stereocenters. The van der Waals surface area contributed by atoms with Crippen LogP contribution in [0.4, 0.5) is 5.69 Å². The van der Waals surface area contributed by atoms with Crippen LogP contribution in [-0.2, 0) is 0 Å². The van der Waals surface area contributed by atoms with Crippen LogP contribution in [-0.4, -0.2) is 15.3 Å². The summed E-state index contributed by atoms with van der Waals surface area (Å²) in [6.07, 6.45) is 0. The van der Waals surface area contributed by atoms with E-state index in [4.69, 9.17) is 0 Å². The molecule has 0 saturated carbocycles. The average molecular weight is 313 g/mol. The Balaban J connectivity index is 2.03. The molecule has 1 aromatic carbocycles. The first-order valence-electron chi connectivity index (χ1n) is 6.83. The minimum Gasteiger partial charge on any atom is -0.316 e. The zero-order chi connectivity index (χ0) is 15.9. The van der Waals surface area contributed by atoms with E-state index in [-0.39, 0.29) is 17.2 Å². The molecule has 1 N–H and O–H groups in total. The van der Waals surface area contributed by atoms with Crippen molar-refractivity contribution in [1.82, 2.24) is 9.38 Å². The topological polar surface area (TPSA) is 63.5 Å². The van der Waals surface area contributed by atoms with E-state index in [9.17, 15) is 9.59 Å². The van der Waals surface area contributed by atoms with Gasteiger partial charge in [0.1, 0.15) is 5.69 Å². The van der Waals surface area contributed by atoms with Crippen molar-refractivity contribution < 1.29 is 4.79 Å². The van der Waals surface area contributed by atoms with Crippen molar-refractivity contribution in [1.29, 1.82) is 0 Å². The van der Waals surface area contributed by atoms with Gasteiger partial charge < -0.3 is 5.32 Å². The van der Waals surface area contributed by atoms with Gasteiger partial charge in [0.15, 0.2) is 4.96 Å². The van der Waals surface area contributed by atoms with Gasteiger partial charge in [0.2, 0.25) is 0 Å². The number of thiazole rings is 1. The summed E-state index contributed by atoms with van der Waals surface area (Å²) in [6, 6.07) is 7.19. The van der Waals surface area contributed by atoms with Crippen molar-refractivity contribution in [3.05, 3.63) is 62.5 Å². The lowest BCUT2D eigenvalue weighted by Crippen LogP contribution is -2.24. The van der Waals surface area contributed by atoms with Crippen LogP contribution in [0.2, 0.25) is 0 Å². The molecule has 5 nitrogen and oxygen atoms in total. The Labute approximate surface area is 131 Å². The van der Waals surface area contributed by atoms with Gasteiger partial charge in [-0.15, -0.1) is 11.3 Å². The van der Waals surface area contributed by atoms with E-state index in [2.05, 4.69) is 10.3 Å². The lowest BCUT2D eigenvalue weighted by Gasteiger charge is -2.08. The van der Waals surface area contributed by atoms with Gasteiger partial charge in [0.25, 0.3) is 11.5 Å². The number of nitrogens with zero attached hydrogens (tertiary/aromatic N) is 2. The molecule has 0 bridgehead atoms. The highest BCUT2D eigenvalue weighted by Crippen LogP contribution is 2.16. The summed E-state index contributed by atoms with van der Waals surface area (Å²) in [7, 11) is 0. The monoisotopic (exact) mass is 313 g/mol. The van der Waals surface area contributed by atoms with Gasteiger partial charge in [-0.05, 0) is 32.9 Å². The fourth-order valence-corrected chi connectivity index (χ4v) is 3.12. The van der Waals surface area contributed by atoms with Crippen molar-refractivity contribution in [2.75, 3.05) is 5.32 Å². The number of rotatable bonds is 2. The zero-order valence-electron chi connectivity index (χ0n) is 12.5. The molecule has 0 aliphatic rings. The van der Waals surface area contributed by atoms with Gasteiger partial charge in [-0.2, -0.15) is 0 Å². The van der Waals surface area contributed by atoms with Gasteiger partial charge >= 0.3 is 0 Å². The molecule has 112 valence electrons. The number of fused-ring (bicyclic) bond motifs is 1. The predicted molar refractivity (Wildman–Crippen MR) is 87.9 cm³/mol. The molecule has 0 spiro atoms. The van der Waals surface area contributed by atoms with Crippen LogP contribution in [0.25, 0.3) is 4.96 Å². The first-order chi connectivity index (χ1) is 10.5. The molecule has 22 heavy (non-hydrogen) atoms. The minimum absolute atomic E-state index is 0.226. The summed E-state index contributed by atoms with van der Waals surface area (Å²) < 4.78 is 1.52. The quantitative estimate of drug-likeness (QED) is 0.791. The van der Waals surface area contributed by atoms with Crippen LogP contribution in [0.15, 0.2) is 34.4 Å². The van der Waals surface area contributed by atoms with Crippen LogP contribution >= 0.6 is 11.3 Å². The summed E-state index contributed by atoms with van der Waals surface area (Å²) in [5.74, 6) is -0.310. The van der Waals surface area contributed by atoms with E-state index in [1.807, 2.05) is 31.4 Å². The number of amides is 1. The van der Waals surface area contributed by atoms with E-state index in [1.165, 1.54) is 15.7 Å². The molecular formula is C16H15N3O2S. The highest BCUT2D eigenvalue weighted by Gasteiger charge is 2.15. The van der Waals surface area contributed by atoms with Crippen molar-refractivity contribution in [2.45, 2.75) is 20.8 Å². The third-order valence-corrected chi connectivity index (χ3v) is 4.42. The fourth-order valence-electron chi connectivity index (χ4n) is 2.22. The van der Waals surface area contributed by atoms with Gasteiger partial charge in [0, 0.05) is 16.6 Å². The largest absolute Gasteiger partial charge is 0.316 e. The molecule has 1 amide bonds. The summed E-state index contributed by atoms with van der Waals surface area (Å²) in [4.78, 5) is 29.9. The fraction of sp³-hybridized carbons (Fsp3) is 0.188. The zero-order valence-corrected chi connectivity index (χ0v) is 13.3. The molecule has 6 heteroatoms. The molecule has 2 aromatic heterocycles. The van der Waals surface area contributed by atoms with Crippen LogP contribution < -0.4 is 10.9 Å². The highest BCUT2D eigenvalue weighted by atomic mass is 32.1. The van der Waals surface area contributed by atoms with E-state index in [0.29, 0.717) is 16.2 Å². The molecule has 0 aliphatic carbocycles. The number of anilines is 1. The Hall–Kier alpha value is -2.47. The molecule has 0 unspecified atom stereocenters. The number of aromatic nitrogens is 2. The number of carbonyl (C=O) groups excluding carboxylic acids is 1. The summed E-state index contributed by atoms with van der Waals surface area (Å²) in [6.45, 7) is 5.52. The molecule has 2 heterocycles. The number of hydrogen-bond donors (Lipinski definition) is 1. The van der Waals surface area contributed by atoms with E-state index in [1.54, 1.807) is 19.1 Å². The molecule has 0 aliphatic heterocycles. The minimum atomic E-state index is -0.310. The van der Waals surface area contributed by atoms with Gasteiger partial charge in [0.05, 0.1) is 5.69 Å². The Bertz CT molecular complexity index is 923. The molecule has 3 aromatic rings. The number of carbonyl (C=O) groups is 1. The molecular weight excluding hydrogens is 298 g/mol. The van der Waals surface area contributed by atoms with Crippen molar-refractivity contribution >= 4 is 27.9 Å². The average Bonchev–Trinajstić information content (AvgIpc) is 2.85. The molecule has 3 rings (SSSR count). The van der Waals surface area contributed by atoms with E-state index in [0.717, 1.165) is 11.3 Å². The number of hydrogen-bond acceptors (Lipinski definition) is 4. The smallest absolute Gasteiger partial charge is 0.282 e. The summed E-state index contributed by atoms with van der Waals surface area (Å²) in [5.41, 5.74) is 2.89. The SMILES string of the molecule is Cc1ccc(C(=O)Nc2c(C)nc3scc(C)n3c2=O)cc1. The third kappa shape index (κ3) is 2.42. The predicted octanol–water partition coefficient (Wildman–Crippen LogP) is 2.93. The van der Waals surface area contributed by atoms with Crippen LogP contribution in [0, 0.1) is 20.8 Å². The van der Waals surface area contributed by atoms with Crippen LogP contribution in [0.1, 0.15) is 27.3 Å². The normalized spacial score (nSPS) is 10.9. The summed E-state index contributed by atoms with van der Waals surface area (Å²) in [5, 5.41) is 4.56. The first kappa shape index (κ1) is 14.5. The number of nitrogens with one attached hydrogen (secondary N) is 1. The third-order valence-electron chi connectivity index (χ3n) is 3.47. The van der Waals surface area contributed by atoms with Crippen LogP contribution in [0.3, 0.4) is 0 Å². The Morgan fingerprint density at radius 2 is 1.86 bits per heavy atom. The van der Waals surface area contributed by atoms with E-state index >= 15 is 0 Å². The molecule has 0 radical (unpaired) electrons. The van der Waals surface area contributed by atoms with Crippen LogP contribution in [0.5, 0.6) is 0 Å². The van der Waals surface area contributed by atoms with E-state index < -0.39 is 0 Å². The Morgan fingerprint density at radius 1 is 1.18 bits per heavy atom. The highest BCUT2D eigenvalue weighted by molar-refractivity contribution is 7.15. The lowest BCUT2D eigenvalue weighted by molar-refractivity contribution is 0.102. The maximum absolute atomic E-state index is 12.6. The maximum atomic E-state index is 12.6. The Morgan fingerprint density at radius 3 is 2.55 bits per heavy atom.